The highest BCUT2D eigenvalue weighted by molar-refractivity contribution is 5.96. The first-order chi connectivity index (χ1) is 15.7. The van der Waals surface area contributed by atoms with Gasteiger partial charge in [0.1, 0.15) is 5.60 Å². The highest BCUT2D eigenvalue weighted by atomic mass is 16.4. The summed E-state index contributed by atoms with van der Waals surface area (Å²) >= 11 is 0. The molecule has 0 aromatic rings. The number of nitrogens with zero attached hydrogens (tertiary/aromatic N) is 1. The Morgan fingerprint density at radius 3 is 2.73 bits per heavy atom. The average Bonchev–Trinajstić information content (AvgIpc) is 3.13. The third-order valence-corrected chi connectivity index (χ3v) is 9.51. The molecule has 2 spiro atoms. The molecule has 4 rings (SSSR count). The van der Waals surface area contributed by atoms with Gasteiger partial charge in [0.2, 0.25) is 0 Å². The predicted octanol–water partition coefficient (Wildman–Crippen LogP) is -2.55. The molecule has 1 saturated heterocycles. The van der Waals surface area contributed by atoms with Crippen molar-refractivity contribution in [1.29, 1.82) is 0 Å². The predicted molar refractivity (Wildman–Crippen MR) is 122 cm³/mol. The second kappa shape index (κ2) is 8.76. The van der Waals surface area contributed by atoms with Crippen LogP contribution in [-0.2, 0) is 9.59 Å². The number of rotatable bonds is 7. The third-order valence-electron chi connectivity index (χ3n) is 9.51. The summed E-state index contributed by atoms with van der Waals surface area (Å²) in [6.07, 6.45) is 4.06. The molecule has 7 unspecified atom stereocenters. The number of likely N-dealkylation sites (tertiary alicyclic amines) is 1. The lowest BCUT2D eigenvalue weighted by Gasteiger charge is -2.60. The van der Waals surface area contributed by atoms with Crippen LogP contribution in [0.3, 0.4) is 0 Å². The van der Waals surface area contributed by atoms with Crippen molar-refractivity contribution in [2.45, 2.75) is 44.6 Å². The van der Waals surface area contributed by atoms with Gasteiger partial charge in [-0.05, 0) is 64.1 Å². The summed E-state index contributed by atoms with van der Waals surface area (Å²) in [5.74, 6) is -0.0945. The number of carboxylic acid groups (broad SMARTS) is 1. The Kier molecular flexibility index (Phi) is 6.46. The van der Waals surface area contributed by atoms with E-state index in [1.807, 2.05) is 14.1 Å². The molecule has 4 aliphatic rings. The van der Waals surface area contributed by atoms with Crippen LogP contribution < -0.4 is 26.4 Å². The molecule has 1 heterocycles. The molecular formula is C24H39N5O4. The van der Waals surface area contributed by atoms with E-state index in [0.29, 0.717) is 31.1 Å². The molecule has 7 atom stereocenters. The monoisotopic (exact) mass is 461 g/mol. The molecule has 6 N–H and O–H groups in total. The summed E-state index contributed by atoms with van der Waals surface area (Å²) in [4.78, 5) is 30.1. The first-order valence-electron chi connectivity index (χ1n) is 12.3. The van der Waals surface area contributed by atoms with Gasteiger partial charge in [0.25, 0.3) is 5.96 Å². The van der Waals surface area contributed by atoms with Crippen LogP contribution in [0, 0.1) is 28.6 Å². The van der Waals surface area contributed by atoms with Crippen LogP contribution in [-0.4, -0.2) is 75.7 Å². The molecular weight excluding hydrogens is 422 g/mol. The van der Waals surface area contributed by atoms with Gasteiger partial charge in [-0.15, -0.1) is 0 Å². The fourth-order valence-corrected chi connectivity index (χ4v) is 8.36. The number of aliphatic hydroxyl groups is 1. The van der Waals surface area contributed by atoms with Gasteiger partial charge in [0.05, 0.1) is 25.6 Å². The first-order valence-corrected chi connectivity index (χ1v) is 12.3. The molecule has 0 aromatic heterocycles. The van der Waals surface area contributed by atoms with Gasteiger partial charge in [0.15, 0.2) is 6.29 Å². The van der Waals surface area contributed by atoms with E-state index in [2.05, 4.69) is 22.5 Å². The van der Waals surface area contributed by atoms with E-state index in [9.17, 15) is 19.8 Å². The second-order valence-corrected chi connectivity index (χ2v) is 10.7. The normalized spacial score (nSPS) is 42.6. The molecule has 184 valence electrons. The highest BCUT2D eigenvalue weighted by Crippen LogP contribution is 2.76. The molecule has 2 bridgehead atoms. The van der Waals surface area contributed by atoms with Crippen molar-refractivity contribution in [2.75, 3.05) is 46.8 Å². The van der Waals surface area contributed by atoms with Crippen molar-refractivity contribution in [3.05, 3.63) is 11.1 Å². The molecule has 0 radical (unpaired) electrons. The largest absolute Gasteiger partial charge is 0.545 e. The molecule has 33 heavy (non-hydrogen) atoms. The minimum atomic E-state index is -1.99. The van der Waals surface area contributed by atoms with E-state index in [1.54, 1.807) is 0 Å². The first kappa shape index (κ1) is 24.3. The van der Waals surface area contributed by atoms with Gasteiger partial charge in [-0.2, -0.15) is 0 Å². The van der Waals surface area contributed by atoms with E-state index < -0.39 is 17.0 Å². The van der Waals surface area contributed by atoms with Gasteiger partial charge in [-0.1, -0.05) is 12.5 Å². The van der Waals surface area contributed by atoms with Gasteiger partial charge >= 0.3 is 0 Å². The summed E-state index contributed by atoms with van der Waals surface area (Å²) in [6, 6.07) is 0. The number of nitrogens with one attached hydrogen (secondary N) is 3. The molecule has 1 aliphatic heterocycles. The van der Waals surface area contributed by atoms with Crippen LogP contribution in [0.4, 0.5) is 0 Å². The smallest absolute Gasteiger partial charge is 0.293 e. The Morgan fingerprint density at radius 2 is 2.09 bits per heavy atom. The molecule has 0 aromatic carbocycles. The maximum atomic E-state index is 12.3. The van der Waals surface area contributed by atoms with E-state index in [4.69, 9.17) is 5.73 Å². The standard InChI is InChI=1S/C24H39N5O4/c1-15-4-5-16-10-18-19(20(31)32)22(33,14-30)12-23(15,18)24(16)13-29(9-6-17(24)11-27-3)21(25)28-8-7-26-2/h14-17,26-27,33H,4-13H2,1-3H3,(H2,25,28)(H,31,32). The van der Waals surface area contributed by atoms with Crippen LogP contribution in [0.5, 0.6) is 0 Å². The number of quaternary nitrogens is 1. The Balaban J connectivity index is 1.87. The number of hydrogen-bond donors (Lipinski definition) is 5. The Morgan fingerprint density at radius 1 is 1.33 bits per heavy atom. The van der Waals surface area contributed by atoms with Crippen molar-refractivity contribution in [3.8, 4) is 0 Å². The fourth-order valence-electron chi connectivity index (χ4n) is 8.36. The number of carbonyl (C=O) groups is 2. The summed E-state index contributed by atoms with van der Waals surface area (Å²) in [5.41, 5.74) is 4.26. The van der Waals surface area contributed by atoms with Crippen molar-refractivity contribution in [2.24, 2.45) is 39.3 Å². The van der Waals surface area contributed by atoms with Crippen LogP contribution >= 0.6 is 0 Å². The minimum Gasteiger partial charge on any atom is -0.545 e. The van der Waals surface area contributed by atoms with Gasteiger partial charge in [-0.25, -0.2) is 4.99 Å². The maximum absolute atomic E-state index is 12.3. The lowest BCUT2D eigenvalue weighted by molar-refractivity contribution is -0.828. The minimum absolute atomic E-state index is 0.129. The number of likely N-dealkylation sites (N-methyl/N-ethyl adjacent to an activating group) is 1. The van der Waals surface area contributed by atoms with Crippen LogP contribution in [0.1, 0.15) is 39.0 Å². The Bertz CT molecular complexity index is 875. The van der Waals surface area contributed by atoms with Gasteiger partial charge in [-0.3, -0.25) is 9.69 Å². The molecule has 3 fully saturated rings. The zero-order chi connectivity index (χ0) is 24.0. The fraction of sp³-hybridized carbons (Fsp3) is 0.792. The molecule has 0 amide bonds. The van der Waals surface area contributed by atoms with Crippen LogP contribution in [0.15, 0.2) is 16.1 Å². The zero-order valence-corrected chi connectivity index (χ0v) is 20.1. The number of nitrogens with two attached hydrogens (primary N) is 1. The van der Waals surface area contributed by atoms with E-state index in [0.717, 1.165) is 55.9 Å². The van der Waals surface area contributed by atoms with Gasteiger partial charge in [0, 0.05) is 29.4 Å². The number of piperidine rings is 1. The van der Waals surface area contributed by atoms with Crippen molar-refractivity contribution in [1.82, 2.24) is 10.6 Å². The van der Waals surface area contributed by atoms with E-state index >= 15 is 0 Å². The van der Waals surface area contributed by atoms with E-state index in [-0.39, 0.29) is 29.2 Å². The topological polar surface area (TPSA) is 144 Å². The molecule has 9 nitrogen and oxygen atoms in total. The number of hydrogen-bond acceptors (Lipinski definition) is 7. The SMILES string of the molecule is CNCCN=C(N)[NH+]1CCC(CNC)C2(C1)C1CCC(C)C23CC(O)(C=O)C(C(=O)[O-])=C3C1. The van der Waals surface area contributed by atoms with Crippen LogP contribution in [0.2, 0.25) is 0 Å². The summed E-state index contributed by atoms with van der Waals surface area (Å²) in [7, 11) is 3.83. The lowest BCUT2D eigenvalue weighted by atomic mass is 9.45. The number of aliphatic carboxylic acids is 1. The molecule has 9 heteroatoms. The van der Waals surface area contributed by atoms with Crippen molar-refractivity contribution < 1.29 is 24.7 Å². The number of carbonyl (C=O) groups excluding carboxylic acids is 2. The Labute approximate surface area is 195 Å². The maximum Gasteiger partial charge on any atom is 0.293 e. The second-order valence-electron chi connectivity index (χ2n) is 10.7. The number of guanidine groups is 1. The Hall–Kier alpha value is -1.81. The van der Waals surface area contributed by atoms with Crippen molar-refractivity contribution >= 4 is 18.2 Å². The quantitative estimate of drug-likeness (QED) is 0.121. The average molecular weight is 462 g/mol. The van der Waals surface area contributed by atoms with Crippen LogP contribution in [0.25, 0.3) is 0 Å². The van der Waals surface area contributed by atoms with E-state index in [1.165, 1.54) is 0 Å². The number of allylic oxidation sites excluding steroid dienone is 1. The number of aldehydes is 1. The molecule has 3 aliphatic carbocycles. The third kappa shape index (κ3) is 3.31. The summed E-state index contributed by atoms with van der Waals surface area (Å²) in [6.45, 7) is 5.94. The van der Waals surface area contributed by atoms with Gasteiger partial charge < -0.3 is 31.4 Å². The number of aliphatic imine (C=N–C) groups is 1. The summed E-state index contributed by atoms with van der Waals surface area (Å²) < 4.78 is 0. The molecule has 2 saturated carbocycles. The lowest BCUT2D eigenvalue weighted by Crippen LogP contribution is -3.19. The zero-order valence-electron chi connectivity index (χ0n) is 20.1. The van der Waals surface area contributed by atoms with Crippen molar-refractivity contribution in [3.63, 3.8) is 0 Å². The summed E-state index contributed by atoms with van der Waals surface area (Å²) in [5, 5.41) is 30.0. The highest BCUT2D eigenvalue weighted by Gasteiger charge is 2.75. The number of carboxylic acids is 1.